The largest absolute Gasteiger partial charge is 0.492 e. The SMILES string of the molecule is CN(C)CCOc1cc(F)cc(-c2ccnc3[nH]c(-c4[nH]nc5ncc(-c6cncc(CNCc7ccccc7)c6)cc45)cc23)c1. The lowest BCUT2D eigenvalue weighted by Crippen LogP contribution is -2.19. The molecule has 46 heavy (non-hydrogen) atoms. The molecule has 0 saturated heterocycles. The van der Waals surface area contributed by atoms with Gasteiger partial charge in [-0.1, -0.05) is 30.3 Å². The maximum atomic E-state index is 14.7. The second-order valence-electron chi connectivity index (χ2n) is 11.5. The molecule has 2 aromatic carbocycles. The molecule has 0 amide bonds. The molecule has 5 aromatic heterocycles. The Hall–Kier alpha value is -5.45. The second-order valence-corrected chi connectivity index (χ2v) is 11.5. The molecule has 0 aliphatic heterocycles. The van der Waals surface area contributed by atoms with Crippen LogP contribution >= 0.6 is 0 Å². The smallest absolute Gasteiger partial charge is 0.181 e. The monoisotopic (exact) mass is 612 g/mol. The zero-order chi connectivity index (χ0) is 31.5. The van der Waals surface area contributed by atoms with E-state index < -0.39 is 0 Å². The summed E-state index contributed by atoms with van der Waals surface area (Å²) in [5, 5.41) is 12.8. The molecule has 3 N–H and O–H groups in total. The predicted octanol–water partition coefficient (Wildman–Crippen LogP) is 6.60. The van der Waals surface area contributed by atoms with E-state index in [0.29, 0.717) is 35.8 Å². The molecule has 9 nitrogen and oxygen atoms in total. The number of ether oxygens (including phenoxy) is 1. The van der Waals surface area contributed by atoms with Crippen LogP contribution in [0.4, 0.5) is 4.39 Å². The minimum atomic E-state index is -0.359. The van der Waals surface area contributed by atoms with Crippen LogP contribution in [-0.4, -0.2) is 62.3 Å². The second kappa shape index (κ2) is 12.9. The highest BCUT2D eigenvalue weighted by molar-refractivity contribution is 5.99. The fraction of sp³-hybridized carbons (Fsp3) is 0.167. The van der Waals surface area contributed by atoms with Gasteiger partial charge in [-0.3, -0.25) is 10.1 Å². The van der Waals surface area contributed by atoms with Crippen molar-refractivity contribution in [3.05, 3.63) is 115 Å². The first kappa shape index (κ1) is 29.3. The summed E-state index contributed by atoms with van der Waals surface area (Å²) < 4.78 is 20.5. The van der Waals surface area contributed by atoms with E-state index in [9.17, 15) is 4.39 Å². The number of halogens is 1. The Bertz CT molecular complexity index is 2120. The molecule has 0 aliphatic rings. The van der Waals surface area contributed by atoms with E-state index in [1.54, 1.807) is 6.20 Å². The molecule has 0 bridgehead atoms. The zero-order valence-corrected chi connectivity index (χ0v) is 25.6. The van der Waals surface area contributed by atoms with Gasteiger partial charge in [-0.25, -0.2) is 14.4 Å². The summed E-state index contributed by atoms with van der Waals surface area (Å²) in [5.74, 6) is 0.128. The Balaban J connectivity index is 1.17. The van der Waals surface area contributed by atoms with Gasteiger partial charge >= 0.3 is 0 Å². The highest BCUT2D eigenvalue weighted by Crippen LogP contribution is 2.35. The molecule has 0 saturated carbocycles. The van der Waals surface area contributed by atoms with E-state index in [1.165, 1.54) is 17.7 Å². The minimum absolute atomic E-state index is 0.359. The number of nitrogens with one attached hydrogen (secondary N) is 3. The average molecular weight is 613 g/mol. The maximum Gasteiger partial charge on any atom is 0.181 e. The van der Waals surface area contributed by atoms with Crippen molar-refractivity contribution in [1.82, 2.24) is 40.3 Å². The van der Waals surface area contributed by atoms with E-state index in [0.717, 1.165) is 57.5 Å². The predicted molar refractivity (Wildman–Crippen MR) is 179 cm³/mol. The molecule has 0 fully saturated rings. The normalized spacial score (nSPS) is 11.6. The summed E-state index contributed by atoms with van der Waals surface area (Å²) in [6, 6.07) is 23.2. The third kappa shape index (κ3) is 6.35. The Labute approximate surface area is 265 Å². The van der Waals surface area contributed by atoms with Gasteiger partial charge in [0.25, 0.3) is 0 Å². The summed E-state index contributed by atoms with van der Waals surface area (Å²) in [7, 11) is 3.94. The molecule has 0 spiro atoms. The number of benzene rings is 2. The first-order valence-corrected chi connectivity index (χ1v) is 15.1. The summed E-state index contributed by atoms with van der Waals surface area (Å²) in [4.78, 5) is 19.1. The van der Waals surface area contributed by atoms with Crippen LogP contribution in [-0.2, 0) is 13.1 Å². The van der Waals surface area contributed by atoms with E-state index in [1.807, 2.05) is 74.0 Å². The van der Waals surface area contributed by atoms with Gasteiger partial charge in [-0.05, 0) is 72.7 Å². The molecule has 10 heteroatoms. The van der Waals surface area contributed by atoms with Gasteiger partial charge in [0.05, 0.1) is 11.4 Å². The average Bonchev–Trinajstić information content (AvgIpc) is 3.69. The van der Waals surface area contributed by atoms with E-state index >= 15 is 0 Å². The van der Waals surface area contributed by atoms with Crippen LogP contribution in [0.2, 0.25) is 0 Å². The lowest BCUT2D eigenvalue weighted by molar-refractivity contribution is 0.260. The summed E-state index contributed by atoms with van der Waals surface area (Å²) >= 11 is 0. The first-order chi connectivity index (χ1) is 22.5. The van der Waals surface area contributed by atoms with Crippen LogP contribution in [0.15, 0.2) is 97.6 Å². The van der Waals surface area contributed by atoms with Gasteiger partial charge in [-0.15, -0.1) is 0 Å². The Morgan fingerprint density at radius 2 is 1.67 bits per heavy atom. The molecule has 0 unspecified atom stereocenters. The van der Waals surface area contributed by atoms with Crippen LogP contribution in [0.25, 0.3) is 55.7 Å². The molecule has 230 valence electrons. The molecular weight excluding hydrogens is 579 g/mol. The standard InChI is InChI=1S/C36H33FN8O/c1-45(2)10-11-46-29-14-25(13-28(37)16-29)30-8-9-40-35-31(30)17-33(42-35)34-32-15-27(22-41-36(32)44-43-34)26-12-24(20-39-21-26)19-38-18-23-6-4-3-5-7-23/h3-9,12-17,20-22,38H,10-11,18-19H2,1-2H3,(H,40,42)(H,41,43,44). The van der Waals surface area contributed by atoms with Crippen molar-refractivity contribution in [2.75, 3.05) is 27.2 Å². The number of pyridine rings is 3. The molecule has 7 rings (SSSR count). The van der Waals surface area contributed by atoms with Gasteiger partial charge in [0.2, 0.25) is 0 Å². The summed E-state index contributed by atoms with van der Waals surface area (Å²) in [6.45, 7) is 2.67. The van der Waals surface area contributed by atoms with Crippen LogP contribution < -0.4 is 10.1 Å². The van der Waals surface area contributed by atoms with Crippen LogP contribution in [0, 0.1) is 5.82 Å². The van der Waals surface area contributed by atoms with E-state index in [2.05, 4.69) is 59.7 Å². The van der Waals surface area contributed by atoms with Crippen molar-refractivity contribution < 1.29 is 9.13 Å². The Morgan fingerprint density at radius 3 is 2.54 bits per heavy atom. The number of hydrogen-bond acceptors (Lipinski definition) is 7. The lowest BCUT2D eigenvalue weighted by Gasteiger charge is -2.12. The van der Waals surface area contributed by atoms with Gasteiger partial charge in [-0.2, -0.15) is 5.10 Å². The van der Waals surface area contributed by atoms with Gasteiger partial charge in [0, 0.05) is 72.4 Å². The number of likely N-dealkylation sites (N-methyl/N-ethyl adjacent to an activating group) is 1. The molecule has 5 heterocycles. The van der Waals surface area contributed by atoms with Crippen molar-refractivity contribution in [2.24, 2.45) is 0 Å². The van der Waals surface area contributed by atoms with Crippen molar-refractivity contribution in [3.8, 4) is 39.4 Å². The number of aromatic nitrogens is 6. The number of hydrogen-bond donors (Lipinski definition) is 3. The Kier molecular flexibility index (Phi) is 8.20. The number of fused-ring (bicyclic) bond motifs is 2. The molecule has 0 atom stereocenters. The third-order valence-corrected chi connectivity index (χ3v) is 7.83. The maximum absolute atomic E-state index is 14.7. The fourth-order valence-corrected chi connectivity index (χ4v) is 5.51. The van der Waals surface area contributed by atoms with Crippen LogP contribution in [0.3, 0.4) is 0 Å². The zero-order valence-electron chi connectivity index (χ0n) is 25.6. The van der Waals surface area contributed by atoms with Gasteiger partial charge in [0.1, 0.15) is 23.8 Å². The number of H-pyrrole nitrogens is 2. The molecule has 0 radical (unpaired) electrons. The molecule has 7 aromatic rings. The number of aromatic amines is 2. The van der Waals surface area contributed by atoms with Crippen LogP contribution in [0.5, 0.6) is 5.75 Å². The van der Waals surface area contributed by atoms with Crippen molar-refractivity contribution in [3.63, 3.8) is 0 Å². The van der Waals surface area contributed by atoms with Crippen molar-refractivity contribution in [2.45, 2.75) is 13.1 Å². The van der Waals surface area contributed by atoms with Gasteiger partial charge < -0.3 is 19.9 Å². The lowest BCUT2D eigenvalue weighted by atomic mass is 10.0. The van der Waals surface area contributed by atoms with Crippen LogP contribution in [0.1, 0.15) is 11.1 Å². The first-order valence-electron chi connectivity index (χ1n) is 15.1. The minimum Gasteiger partial charge on any atom is -0.492 e. The Morgan fingerprint density at radius 1 is 0.826 bits per heavy atom. The topological polar surface area (TPSA) is 108 Å². The highest BCUT2D eigenvalue weighted by atomic mass is 19.1. The van der Waals surface area contributed by atoms with Crippen molar-refractivity contribution >= 4 is 22.1 Å². The quantitative estimate of drug-likeness (QED) is 0.151. The van der Waals surface area contributed by atoms with E-state index in [-0.39, 0.29) is 5.82 Å². The number of rotatable bonds is 11. The van der Waals surface area contributed by atoms with Crippen molar-refractivity contribution in [1.29, 1.82) is 0 Å². The number of nitrogens with zero attached hydrogens (tertiary/aromatic N) is 5. The van der Waals surface area contributed by atoms with E-state index in [4.69, 9.17) is 4.74 Å². The fourth-order valence-electron chi connectivity index (χ4n) is 5.51. The molecular formula is C36H33FN8O. The summed E-state index contributed by atoms with van der Waals surface area (Å²) in [6.07, 6.45) is 7.26. The highest BCUT2D eigenvalue weighted by Gasteiger charge is 2.16. The third-order valence-electron chi connectivity index (χ3n) is 7.83. The van der Waals surface area contributed by atoms with Gasteiger partial charge in [0.15, 0.2) is 5.65 Å². The molecule has 0 aliphatic carbocycles. The summed E-state index contributed by atoms with van der Waals surface area (Å²) in [5.41, 5.74) is 8.64.